The zero-order valence-corrected chi connectivity index (χ0v) is 10.9. The predicted molar refractivity (Wildman–Crippen MR) is 66.7 cm³/mol. The molecule has 0 heterocycles. The van der Waals surface area contributed by atoms with E-state index in [4.69, 9.17) is 44.8 Å². The normalized spacial score (nSPS) is 11.8. The van der Waals surface area contributed by atoms with Gasteiger partial charge in [-0.15, -0.1) is 0 Å². The Hall–Kier alpha value is -0.880. The fourth-order valence-corrected chi connectivity index (χ4v) is 1.74. The molecule has 0 saturated heterocycles. The molecule has 0 aliphatic carbocycles. The van der Waals surface area contributed by atoms with Crippen molar-refractivity contribution >= 4 is 40.4 Å². The third-order valence-electron chi connectivity index (χ3n) is 2.04. The third kappa shape index (κ3) is 2.62. The standard InChI is InChI=1S/C11H8Cl3NO/c1-6(16-2)8(5-15)7-3-9(12)11(14)10(13)4-7/h3-4H,1-2H3/b8-6+. The minimum absolute atomic E-state index is 0.277. The number of halogens is 3. The van der Waals surface area contributed by atoms with E-state index in [0.29, 0.717) is 26.9 Å². The van der Waals surface area contributed by atoms with Crippen LogP contribution in [0.15, 0.2) is 17.9 Å². The van der Waals surface area contributed by atoms with Gasteiger partial charge in [0.25, 0.3) is 0 Å². The van der Waals surface area contributed by atoms with Crippen LogP contribution in [0.2, 0.25) is 15.1 Å². The number of benzene rings is 1. The highest BCUT2D eigenvalue weighted by Crippen LogP contribution is 2.34. The Balaban J connectivity index is 3.41. The highest BCUT2D eigenvalue weighted by Gasteiger charge is 2.11. The molecule has 1 aromatic rings. The van der Waals surface area contributed by atoms with E-state index >= 15 is 0 Å². The second-order valence-corrected chi connectivity index (χ2v) is 4.19. The second kappa shape index (κ2) is 5.45. The fraction of sp³-hybridized carbons (Fsp3) is 0.182. The first-order valence-electron chi connectivity index (χ1n) is 4.31. The van der Waals surface area contributed by atoms with Gasteiger partial charge in [0.1, 0.15) is 11.8 Å². The Morgan fingerprint density at radius 3 is 2.12 bits per heavy atom. The zero-order valence-electron chi connectivity index (χ0n) is 8.64. The Bertz CT molecular complexity index is 465. The van der Waals surface area contributed by atoms with Crippen molar-refractivity contribution in [2.75, 3.05) is 7.11 Å². The molecule has 5 heteroatoms. The van der Waals surface area contributed by atoms with Gasteiger partial charge in [-0.25, -0.2) is 0 Å². The molecule has 0 radical (unpaired) electrons. The lowest BCUT2D eigenvalue weighted by atomic mass is 10.1. The van der Waals surface area contributed by atoms with Crippen LogP contribution in [0.1, 0.15) is 12.5 Å². The molecule has 1 rings (SSSR count). The minimum atomic E-state index is 0.277. The quantitative estimate of drug-likeness (QED) is 0.451. The van der Waals surface area contributed by atoms with Gasteiger partial charge in [0.05, 0.1) is 27.8 Å². The first-order chi connectivity index (χ1) is 7.51. The average molecular weight is 277 g/mol. The lowest BCUT2D eigenvalue weighted by Crippen LogP contribution is -1.90. The van der Waals surface area contributed by atoms with Crippen LogP contribution >= 0.6 is 34.8 Å². The molecular weight excluding hydrogens is 268 g/mol. The predicted octanol–water partition coefficient (Wildman–Crippen LogP) is 4.55. The van der Waals surface area contributed by atoms with Crippen LogP contribution in [0.5, 0.6) is 0 Å². The van der Waals surface area contributed by atoms with Crippen molar-refractivity contribution in [2.24, 2.45) is 0 Å². The van der Waals surface area contributed by atoms with E-state index in [1.807, 2.05) is 6.07 Å². The molecule has 16 heavy (non-hydrogen) atoms. The molecule has 0 unspecified atom stereocenters. The van der Waals surface area contributed by atoms with Crippen molar-refractivity contribution < 1.29 is 4.74 Å². The fourth-order valence-electron chi connectivity index (χ4n) is 1.15. The van der Waals surface area contributed by atoms with Crippen LogP contribution in [0.4, 0.5) is 0 Å². The molecule has 0 aliphatic heterocycles. The smallest absolute Gasteiger partial charge is 0.111 e. The van der Waals surface area contributed by atoms with Crippen molar-refractivity contribution in [3.8, 4) is 6.07 Å². The average Bonchev–Trinajstić information content (AvgIpc) is 2.26. The number of nitriles is 1. The van der Waals surface area contributed by atoms with Gasteiger partial charge in [-0.1, -0.05) is 34.8 Å². The summed E-state index contributed by atoms with van der Waals surface area (Å²) in [4.78, 5) is 0. The molecule has 0 aliphatic rings. The first-order valence-corrected chi connectivity index (χ1v) is 5.44. The highest BCUT2D eigenvalue weighted by molar-refractivity contribution is 6.48. The van der Waals surface area contributed by atoms with Crippen LogP contribution in [0.3, 0.4) is 0 Å². The summed E-state index contributed by atoms with van der Waals surface area (Å²) in [5, 5.41) is 9.91. The van der Waals surface area contributed by atoms with E-state index < -0.39 is 0 Å². The summed E-state index contributed by atoms with van der Waals surface area (Å²) in [6.45, 7) is 1.69. The topological polar surface area (TPSA) is 33.0 Å². The lowest BCUT2D eigenvalue weighted by molar-refractivity contribution is 0.296. The number of rotatable bonds is 2. The number of ether oxygens (including phenoxy) is 1. The Labute approximate surface area is 109 Å². The van der Waals surface area contributed by atoms with Gasteiger partial charge < -0.3 is 4.74 Å². The first kappa shape index (κ1) is 13.2. The van der Waals surface area contributed by atoms with E-state index in [0.717, 1.165) is 0 Å². The van der Waals surface area contributed by atoms with Gasteiger partial charge in [-0.2, -0.15) is 5.26 Å². The van der Waals surface area contributed by atoms with Crippen molar-refractivity contribution in [2.45, 2.75) is 6.92 Å². The summed E-state index contributed by atoms with van der Waals surface area (Å²) in [5.41, 5.74) is 0.962. The van der Waals surface area contributed by atoms with Crippen LogP contribution in [-0.2, 0) is 4.74 Å². The van der Waals surface area contributed by atoms with Crippen LogP contribution in [-0.4, -0.2) is 7.11 Å². The van der Waals surface area contributed by atoms with Gasteiger partial charge in [0.2, 0.25) is 0 Å². The Morgan fingerprint density at radius 1 is 1.25 bits per heavy atom. The monoisotopic (exact) mass is 275 g/mol. The van der Waals surface area contributed by atoms with E-state index in [9.17, 15) is 0 Å². The maximum atomic E-state index is 9.03. The SMILES string of the molecule is CO/C(C)=C(\C#N)c1cc(Cl)c(Cl)c(Cl)c1. The molecule has 0 atom stereocenters. The minimum Gasteiger partial charge on any atom is -0.500 e. The summed E-state index contributed by atoms with van der Waals surface area (Å²) in [6, 6.07) is 5.20. The van der Waals surface area contributed by atoms with E-state index in [-0.39, 0.29) is 5.02 Å². The molecule has 1 aromatic carbocycles. The van der Waals surface area contributed by atoms with Crippen molar-refractivity contribution in [3.05, 3.63) is 38.5 Å². The van der Waals surface area contributed by atoms with Gasteiger partial charge in [0.15, 0.2) is 0 Å². The van der Waals surface area contributed by atoms with Gasteiger partial charge in [-0.05, 0) is 24.6 Å². The molecule has 0 fully saturated rings. The molecule has 0 spiro atoms. The molecule has 0 aromatic heterocycles. The van der Waals surface area contributed by atoms with Crippen LogP contribution in [0, 0.1) is 11.3 Å². The van der Waals surface area contributed by atoms with Crippen molar-refractivity contribution in [1.29, 1.82) is 5.26 Å². The number of hydrogen-bond acceptors (Lipinski definition) is 2. The summed E-state index contributed by atoms with van der Waals surface area (Å²) >= 11 is 17.6. The summed E-state index contributed by atoms with van der Waals surface area (Å²) in [7, 11) is 1.49. The number of methoxy groups -OCH3 is 1. The summed E-state index contributed by atoms with van der Waals surface area (Å²) in [5.74, 6) is 0.497. The zero-order chi connectivity index (χ0) is 12.3. The second-order valence-electron chi connectivity index (χ2n) is 3.00. The van der Waals surface area contributed by atoms with Gasteiger partial charge in [0, 0.05) is 0 Å². The molecule has 0 saturated carbocycles. The summed E-state index contributed by atoms with van der Waals surface area (Å²) in [6.07, 6.45) is 0. The van der Waals surface area contributed by atoms with Crippen LogP contribution in [0.25, 0.3) is 5.57 Å². The highest BCUT2D eigenvalue weighted by atomic mass is 35.5. The maximum absolute atomic E-state index is 9.03. The molecule has 0 N–H and O–H groups in total. The molecular formula is C11H8Cl3NO. The molecule has 2 nitrogen and oxygen atoms in total. The number of hydrogen-bond donors (Lipinski definition) is 0. The van der Waals surface area contributed by atoms with Crippen LogP contribution < -0.4 is 0 Å². The van der Waals surface area contributed by atoms with Crippen molar-refractivity contribution in [3.63, 3.8) is 0 Å². The lowest BCUT2D eigenvalue weighted by Gasteiger charge is -2.07. The Kier molecular flexibility index (Phi) is 4.49. The van der Waals surface area contributed by atoms with Crippen molar-refractivity contribution in [1.82, 2.24) is 0 Å². The van der Waals surface area contributed by atoms with E-state index in [1.54, 1.807) is 19.1 Å². The molecule has 0 bridgehead atoms. The summed E-state index contributed by atoms with van der Waals surface area (Å²) < 4.78 is 5.01. The third-order valence-corrected chi connectivity index (χ3v) is 3.24. The number of allylic oxidation sites excluding steroid dienone is 2. The Morgan fingerprint density at radius 2 is 1.75 bits per heavy atom. The largest absolute Gasteiger partial charge is 0.500 e. The molecule has 84 valence electrons. The maximum Gasteiger partial charge on any atom is 0.111 e. The van der Waals surface area contributed by atoms with E-state index in [2.05, 4.69) is 0 Å². The van der Waals surface area contributed by atoms with Gasteiger partial charge >= 0.3 is 0 Å². The van der Waals surface area contributed by atoms with E-state index in [1.165, 1.54) is 7.11 Å². The van der Waals surface area contributed by atoms with Gasteiger partial charge in [-0.3, -0.25) is 0 Å². The number of nitrogens with zero attached hydrogens (tertiary/aromatic N) is 1. The molecule has 0 amide bonds.